The van der Waals surface area contributed by atoms with Crippen LogP contribution in [0.15, 0.2) is 0 Å². The van der Waals surface area contributed by atoms with Crippen molar-refractivity contribution in [2.75, 3.05) is 26.2 Å². The average Bonchev–Trinajstić information content (AvgIpc) is 3.23. The second-order valence-corrected chi connectivity index (χ2v) is 7.39. The third-order valence-corrected chi connectivity index (χ3v) is 5.78. The Labute approximate surface area is 131 Å². The summed E-state index contributed by atoms with van der Waals surface area (Å²) in [4.78, 5) is 22.1. The molecule has 1 atom stereocenters. The van der Waals surface area contributed by atoms with Gasteiger partial charge in [0.05, 0.1) is 0 Å². The molecule has 22 heavy (non-hydrogen) atoms. The number of nitrogens with zero attached hydrogens (tertiary/aromatic N) is 2. The summed E-state index contributed by atoms with van der Waals surface area (Å²) in [6.45, 7) is 5.11. The van der Waals surface area contributed by atoms with E-state index >= 15 is 0 Å². The van der Waals surface area contributed by atoms with Crippen LogP contribution in [0.5, 0.6) is 0 Å². The van der Waals surface area contributed by atoms with Crippen LogP contribution in [0.25, 0.3) is 0 Å². The van der Waals surface area contributed by atoms with Crippen molar-refractivity contribution >= 4 is 22.1 Å². The molecule has 128 valence electrons. The van der Waals surface area contributed by atoms with Gasteiger partial charge in [0.1, 0.15) is 6.04 Å². The normalized spacial score (nSPS) is 16.8. The SMILES string of the molecule is CCN(CC1CC1)S(=O)(=O)N(CCNC(C)=O)C(C)C(=O)O. The van der Waals surface area contributed by atoms with Crippen molar-refractivity contribution in [3.63, 3.8) is 0 Å². The van der Waals surface area contributed by atoms with Crippen molar-refractivity contribution in [2.24, 2.45) is 5.92 Å². The molecule has 0 radical (unpaired) electrons. The topological polar surface area (TPSA) is 107 Å². The molecule has 1 aliphatic carbocycles. The first-order chi connectivity index (χ1) is 10.2. The molecule has 1 fully saturated rings. The van der Waals surface area contributed by atoms with Gasteiger partial charge in [0.15, 0.2) is 0 Å². The molecule has 8 nitrogen and oxygen atoms in total. The number of amides is 1. The van der Waals surface area contributed by atoms with Crippen molar-refractivity contribution in [1.29, 1.82) is 0 Å². The highest BCUT2D eigenvalue weighted by Gasteiger charge is 2.37. The maximum atomic E-state index is 12.7. The first-order valence-corrected chi connectivity index (χ1v) is 8.84. The van der Waals surface area contributed by atoms with Crippen LogP contribution in [0.1, 0.15) is 33.6 Å². The number of aliphatic carboxylic acids is 1. The van der Waals surface area contributed by atoms with Crippen LogP contribution < -0.4 is 5.32 Å². The monoisotopic (exact) mass is 335 g/mol. The van der Waals surface area contributed by atoms with Crippen LogP contribution >= 0.6 is 0 Å². The highest BCUT2D eigenvalue weighted by molar-refractivity contribution is 7.86. The summed E-state index contributed by atoms with van der Waals surface area (Å²) in [5.41, 5.74) is 0. The van der Waals surface area contributed by atoms with Gasteiger partial charge in [-0.3, -0.25) is 9.59 Å². The predicted octanol–water partition coefficient (Wildman–Crippen LogP) is -0.126. The number of hydrogen-bond donors (Lipinski definition) is 2. The van der Waals surface area contributed by atoms with Gasteiger partial charge in [-0.2, -0.15) is 17.0 Å². The van der Waals surface area contributed by atoms with E-state index in [1.807, 2.05) is 0 Å². The third kappa shape index (κ3) is 5.22. The van der Waals surface area contributed by atoms with Gasteiger partial charge in [0.2, 0.25) is 5.91 Å². The molecular formula is C13H25N3O5S. The third-order valence-electron chi connectivity index (χ3n) is 3.63. The molecule has 0 aromatic heterocycles. The van der Waals surface area contributed by atoms with E-state index in [0.29, 0.717) is 19.0 Å². The summed E-state index contributed by atoms with van der Waals surface area (Å²) >= 11 is 0. The Balaban J connectivity index is 2.89. The maximum absolute atomic E-state index is 12.7. The Morgan fingerprint density at radius 2 is 1.95 bits per heavy atom. The van der Waals surface area contributed by atoms with Gasteiger partial charge in [-0.05, 0) is 25.7 Å². The summed E-state index contributed by atoms with van der Waals surface area (Å²) in [5, 5.41) is 11.7. The van der Waals surface area contributed by atoms with E-state index in [1.54, 1.807) is 6.92 Å². The molecule has 1 saturated carbocycles. The van der Waals surface area contributed by atoms with Gasteiger partial charge in [0.25, 0.3) is 10.2 Å². The molecule has 1 unspecified atom stereocenters. The zero-order chi connectivity index (χ0) is 16.9. The lowest BCUT2D eigenvalue weighted by atomic mass is 10.3. The molecule has 1 aliphatic rings. The fraction of sp³-hybridized carbons (Fsp3) is 0.846. The number of hydrogen-bond acceptors (Lipinski definition) is 4. The lowest BCUT2D eigenvalue weighted by Crippen LogP contribution is -2.52. The Kier molecular flexibility index (Phi) is 6.76. The number of rotatable bonds is 10. The van der Waals surface area contributed by atoms with E-state index in [9.17, 15) is 18.0 Å². The number of carbonyl (C=O) groups is 2. The van der Waals surface area contributed by atoms with Crippen molar-refractivity contribution < 1.29 is 23.1 Å². The quantitative estimate of drug-likeness (QED) is 0.578. The van der Waals surface area contributed by atoms with Gasteiger partial charge in [-0.25, -0.2) is 0 Å². The molecule has 0 aliphatic heterocycles. The van der Waals surface area contributed by atoms with Crippen molar-refractivity contribution in [3.8, 4) is 0 Å². The van der Waals surface area contributed by atoms with Crippen molar-refractivity contribution in [3.05, 3.63) is 0 Å². The fourth-order valence-corrected chi connectivity index (χ4v) is 3.93. The summed E-state index contributed by atoms with van der Waals surface area (Å²) in [7, 11) is -3.88. The average molecular weight is 335 g/mol. The molecule has 0 saturated heterocycles. The molecule has 9 heteroatoms. The van der Waals surface area contributed by atoms with Crippen molar-refractivity contribution in [1.82, 2.24) is 13.9 Å². The molecule has 0 aromatic carbocycles. The van der Waals surface area contributed by atoms with E-state index in [-0.39, 0.29) is 19.0 Å². The Bertz CT molecular complexity index is 504. The zero-order valence-electron chi connectivity index (χ0n) is 13.3. The molecule has 0 bridgehead atoms. The van der Waals surface area contributed by atoms with Crippen LogP contribution in [0.4, 0.5) is 0 Å². The van der Waals surface area contributed by atoms with Crippen LogP contribution in [0.2, 0.25) is 0 Å². The standard InChI is InChI=1S/C13H25N3O5S/c1-4-15(9-12-5-6-12)22(20,21)16(10(2)13(18)19)8-7-14-11(3)17/h10,12H,4-9H2,1-3H3,(H,14,17)(H,18,19). The number of nitrogens with one attached hydrogen (secondary N) is 1. The minimum Gasteiger partial charge on any atom is -0.480 e. The summed E-state index contributed by atoms with van der Waals surface area (Å²) in [6.07, 6.45) is 2.01. The van der Waals surface area contributed by atoms with Crippen LogP contribution in [-0.4, -0.2) is 66.2 Å². The van der Waals surface area contributed by atoms with E-state index in [4.69, 9.17) is 5.11 Å². The molecule has 0 aromatic rings. The zero-order valence-corrected chi connectivity index (χ0v) is 14.1. The molecule has 2 N–H and O–H groups in total. The number of carboxylic acids is 1. The van der Waals surface area contributed by atoms with Crippen LogP contribution in [0.3, 0.4) is 0 Å². The minimum atomic E-state index is -3.88. The molecular weight excluding hydrogens is 310 g/mol. The van der Waals surface area contributed by atoms with Gasteiger partial charge in [0, 0.05) is 33.1 Å². The molecule has 1 amide bonds. The lowest BCUT2D eigenvalue weighted by Gasteiger charge is -2.31. The predicted molar refractivity (Wildman–Crippen MR) is 81.4 cm³/mol. The summed E-state index contributed by atoms with van der Waals surface area (Å²) in [6, 6.07) is -1.19. The largest absolute Gasteiger partial charge is 0.480 e. The smallest absolute Gasteiger partial charge is 0.321 e. The number of carboxylic acid groups (broad SMARTS) is 1. The fourth-order valence-electron chi connectivity index (χ4n) is 2.10. The van der Waals surface area contributed by atoms with Gasteiger partial charge in [-0.15, -0.1) is 0 Å². The first-order valence-electron chi connectivity index (χ1n) is 7.44. The van der Waals surface area contributed by atoms with Crippen molar-refractivity contribution in [2.45, 2.75) is 39.7 Å². The van der Waals surface area contributed by atoms with E-state index in [1.165, 1.54) is 18.2 Å². The molecule has 1 rings (SSSR count). The lowest BCUT2D eigenvalue weighted by molar-refractivity contribution is -0.140. The van der Waals surface area contributed by atoms with E-state index in [0.717, 1.165) is 17.1 Å². The van der Waals surface area contributed by atoms with E-state index < -0.39 is 22.2 Å². The van der Waals surface area contributed by atoms with Crippen LogP contribution in [-0.2, 0) is 19.8 Å². The first kappa shape index (κ1) is 18.9. The van der Waals surface area contributed by atoms with Gasteiger partial charge in [-0.1, -0.05) is 6.92 Å². The Morgan fingerprint density at radius 3 is 2.36 bits per heavy atom. The number of carbonyl (C=O) groups excluding carboxylic acids is 1. The molecule has 0 heterocycles. The Morgan fingerprint density at radius 1 is 1.36 bits per heavy atom. The van der Waals surface area contributed by atoms with Gasteiger partial charge < -0.3 is 10.4 Å². The second-order valence-electron chi connectivity index (χ2n) is 5.51. The summed E-state index contributed by atoms with van der Waals surface area (Å²) in [5.74, 6) is -1.13. The summed E-state index contributed by atoms with van der Waals surface area (Å²) < 4.78 is 27.7. The van der Waals surface area contributed by atoms with Crippen LogP contribution in [0, 0.1) is 5.92 Å². The second kappa shape index (κ2) is 7.89. The van der Waals surface area contributed by atoms with E-state index in [2.05, 4.69) is 5.32 Å². The minimum absolute atomic E-state index is 0.0729. The maximum Gasteiger partial charge on any atom is 0.321 e. The van der Waals surface area contributed by atoms with Gasteiger partial charge >= 0.3 is 5.97 Å². The highest BCUT2D eigenvalue weighted by Crippen LogP contribution is 2.31. The highest BCUT2D eigenvalue weighted by atomic mass is 32.2. The Hall–Kier alpha value is -1.19. The molecule has 0 spiro atoms.